The Hall–Kier alpha value is -1.10. The molecule has 19 heavy (non-hydrogen) atoms. The van der Waals surface area contributed by atoms with Gasteiger partial charge in [-0.1, -0.05) is 23.7 Å². The number of ether oxygens (including phenoxy) is 1. The summed E-state index contributed by atoms with van der Waals surface area (Å²) in [5, 5.41) is 9.50. The third-order valence-electron chi connectivity index (χ3n) is 3.50. The van der Waals surface area contributed by atoms with Crippen molar-refractivity contribution in [3.8, 4) is 0 Å². The first kappa shape index (κ1) is 14.3. The van der Waals surface area contributed by atoms with Crippen LogP contribution in [0.2, 0.25) is 5.02 Å². The molecule has 104 valence electrons. The van der Waals surface area contributed by atoms with Crippen LogP contribution in [0.1, 0.15) is 29.9 Å². The zero-order chi connectivity index (χ0) is 13.8. The van der Waals surface area contributed by atoms with Gasteiger partial charge in [0.25, 0.3) is 0 Å². The average molecular weight is 284 g/mol. The van der Waals surface area contributed by atoms with Crippen LogP contribution >= 0.6 is 11.6 Å². The summed E-state index contributed by atoms with van der Waals surface area (Å²) >= 11 is 6.30. The van der Waals surface area contributed by atoms with E-state index in [1.165, 1.54) is 0 Å². The fourth-order valence-corrected chi connectivity index (χ4v) is 2.74. The van der Waals surface area contributed by atoms with E-state index >= 15 is 0 Å². The molecule has 1 unspecified atom stereocenters. The first-order chi connectivity index (χ1) is 9.08. The molecule has 1 aromatic rings. The number of benzene rings is 1. The number of carboxylic acids is 1. The van der Waals surface area contributed by atoms with Crippen LogP contribution < -0.4 is 5.73 Å². The van der Waals surface area contributed by atoms with E-state index in [9.17, 15) is 4.79 Å². The average Bonchev–Trinajstić information content (AvgIpc) is 2.39. The summed E-state index contributed by atoms with van der Waals surface area (Å²) < 4.78 is 5.34. The summed E-state index contributed by atoms with van der Waals surface area (Å²) in [6.45, 7) is 1.54. The normalized spacial score (nSPS) is 18.2. The molecule has 1 aromatic carbocycles. The van der Waals surface area contributed by atoms with Gasteiger partial charge in [-0.2, -0.15) is 0 Å². The van der Waals surface area contributed by atoms with Gasteiger partial charge in [-0.25, -0.2) is 0 Å². The van der Waals surface area contributed by atoms with Crippen molar-refractivity contribution in [1.29, 1.82) is 0 Å². The van der Waals surface area contributed by atoms with Crippen molar-refractivity contribution in [2.24, 2.45) is 5.73 Å². The lowest BCUT2D eigenvalue weighted by molar-refractivity contribution is -0.138. The van der Waals surface area contributed by atoms with Crippen molar-refractivity contribution in [2.45, 2.75) is 31.2 Å². The number of halogens is 1. The van der Waals surface area contributed by atoms with Crippen molar-refractivity contribution in [3.05, 3.63) is 34.3 Å². The third-order valence-corrected chi connectivity index (χ3v) is 3.83. The zero-order valence-electron chi connectivity index (χ0n) is 10.6. The Morgan fingerprint density at radius 2 is 2.16 bits per heavy atom. The maximum absolute atomic E-state index is 10.7. The smallest absolute Gasteiger partial charge is 0.320 e. The second-order valence-electron chi connectivity index (χ2n) is 4.89. The molecule has 0 saturated carbocycles. The van der Waals surface area contributed by atoms with Gasteiger partial charge in [0.2, 0.25) is 0 Å². The largest absolute Gasteiger partial charge is 0.480 e. The highest BCUT2D eigenvalue weighted by Crippen LogP contribution is 2.32. The number of hydrogen-bond acceptors (Lipinski definition) is 3. The molecular formula is C14H18ClNO3. The minimum absolute atomic E-state index is 0.295. The maximum atomic E-state index is 10.7. The Bertz CT molecular complexity index is 458. The molecule has 1 fully saturated rings. The van der Waals surface area contributed by atoms with Crippen LogP contribution in [-0.2, 0) is 16.0 Å². The van der Waals surface area contributed by atoms with Crippen LogP contribution in [0.4, 0.5) is 0 Å². The van der Waals surface area contributed by atoms with E-state index < -0.39 is 12.0 Å². The number of aliphatic carboxylic acids is 1. The van der Waals surface area contributed by atoms with Crippen LogP contribution in [-0.4, -0.2) is 30.3 Å². The highest BCUT2D eigenvalue weighted by molar-refractivity contribution is 6.31. The van der Waals surface area contributed by atoms with Gasteiger partial charge in [-0.05, 0) is 42.4 Å². The van der Waals surface area contributed by atoms with Crippen molar-refractivity contribution < 1.29 is 14.6 Å². The summed E-state index contributed by atoms with van der Waals surface area (Å²) in [7, 11) is 0. The van der Waals surface area contributed by atoms with Gasteiger partial charge in [-0.15, -0.1) is 0 Å². The monoisotopic (exact) mass is 283 g/mol. The van der Waals surface area contributed by atoms with Crippen LogP contribution in [0.25, 0.3) is 0 Å². The molecule has 1 atom stereocenters. The summed E-state index contributed by atoms with van der Waals surface area (Å²) in [5.41, 5.74) is 7.50. The molecule has 4 nitrogen and oxygen atoms in total. The van der Waals surface area contributed by atoms with E-state index in [1.54, 1.807) is 0 Å². The van der Waals surface area contributed by atoms with Crippen LogP contribution in [0, 0.1) is 0 Å². The number of nitrogens with two attached hydrogens (primary N) is 1. The number of hydrogen-bond donors (Lipinski definition) is 2. The number of carbonyl (C=O) groups is 1. The Balaban J connectivity index is 2.10. The van der Waals surface area contributed by atoms with Gasteiger partial charge in [0.1, 0.15) is 6.04 Å². The molecule has 0 aliphatic carbocycles. The predicted octanol–water partition coefficient (Wildman–Crippen LogP) is 2.19. The molecule has 0 spiro atoms. The van der Waals surface area contributed by atoms with Gasteiger partial charge in [0.05, 0.1) is 0 Å². The fourth-order valence-electron chi connectivity index (χ4n) is 2.38. The summed E-state index contributed by atoms with van der Waals surface area (Å²) in [6, 6.07) is 4.85. The molecule has 0 aromatic heterocycles. The van der Waals surface area contributed by atoms with E-state index in [-0.39, 0.29) is 0 Å². The van der Waals surface area contributed by atoms with Crippen molar-refractivity contribution in [2.75, 3.05) is 13.2 Å². The quantitative estimate of drug-likeness (QED) is 0.888. The highest BCUT2D eigenvalue weighted by atomic mass is 35.5. The maximum Gasteiger partial charge on any atom is 0.320 e. The lowest BCUT2D eigenvalue weighted by atomic mass is 9.90. The summed E-state index contributed by atoms with van der Waals surface area (Å²) in [4.78, 5) is 10.7. The third kappa shape index (κ3) is 3.69. The molecule has 1 saturated heterocycles. The molecule has 3 N–H and O–H groups in total. The fraction of sp³-hybridized carbons (Fsp3) is 0.500. The Morgan fingerprint density at radius 3 is 2.74 bits per heavy atom. The van der Waals surface area contributed by atoms with Crippen molar-refractivity contribution in [1.82, 2.24) is 0 Å². The second kappa shape index (κ2) is 6.37. The molecular weight excluding hydrogens is 266 g/mol. The molecule has 1 aliphatic heterocycles. The van der Waals surface area contributed by atoms with Gasteiger partial charge < -0.3 is 15.6 Å². The van der Waals surface area contributed by atoms with Gasteiger partial charge >= 0.3 is 5.97 Å². The first-order valence-corrected chi connectivity index (χ1v) is 6.80. The minimum Gasteiger partial charge on any atom is -0.480 e. The first-order valence-electron chi connectivity index (χ1n) is 6.42. The van der Waals surface area contributed by atoms with Crippen LogP contribution in [0.5, 0.6) is 0 Å². The molecule has 5 heteroatoms. The van der Waals surface area contributed by atoms with E-state index in [0.29, 0.717) is 17.4 Å². The Kier molecular flexibility index (Phi) is 4.80. The topological polar surface area (TPSA) is 72.5 Å². The second-order valence-corrected chi connectivity index (χ2v) is 5.30. The number of carboxylic acid groups (broad SMARTS) is 1. The zero-order valence-corrected chi connectivity index (χ0v) is 11.4. The summed E-state index contributed by atoms with van der Waals surface area (Å²) in [5.74, 6) is -0.562. The lowest BCUT2D eigenvalue weighted by Gasteiger charge is -2.23. The molecule has 2 rings (SSSR count). The molecule has 1 aliphatic rings. The highest BCUT2D eigenvalue weighted by Gasteiger charge is 2.19. The van der Waals surface area contributed by atoms with Crippen molar-refractivity contribution >= 4 is 17.6 Å². The summed E-state index contributed by atoms with van der Waals surface area (Å²) in [6.07, 6.45) is 2.25. The molecule has 0 bridgehead atoms. The van der Waals surface area contributed by atoms with Gasteiger partial charge in [0.15, 0.2) is 0 Å². The molecule has 0 amide bonds. The Labute approximate surface area is 117 Å². The molecule has 1 heterocycles. The SMILES string of the molecule is NC(Cc1ccc(C2CCOCC2)c(Cl)c1)C(=O)O. The number of rotatable bonds is 4. The lowest BCUT2D eigenvalue weighted by Crippen LogP contribution is -2.32. The van der Waals surface area contributed by atoms with Crippen molar-refractivity contribution in [3.63, 3.8) is 0 Å². The van der Waals surface area contributed by atoms with E-state index in [2.05, 4.69) is 0 Å². The Morgan fingerprint density at radius 1 is 1.47 bits per heavy atom. The van der Waals surface area contributed by atoms with Gasteiger partial charge in [-0.3, -0.25) is 4.79 Å². The predicted molar refractivity (Wildman–Crippen MR) is 73.6 cm³/mol. The van der Waals surface area contributed by atoms with Crippen LogP contribution in [0.15, 0.2) is 18.2 Å². The van der Waals surface area contributed by atoms with E-state index in [4.69, 9.17) is 27.2 Å². The standard InChI is InChI=1S/C14H18ClNO3/c15-12-7-9(8-13(16)14(17)18)1-2-11(12)10-3-5-19-6-4-10/h1-2,7,10,13H,3-6,8,16H2,(H,17,18). The van der Waals surface area contributed by atoms with Gasteiger partial charge in [0, 0.05) is 18.2 Å². The minimum atomic E-state index is -0.996. The molecule has 0 radical (unpaired) electrons. The van der Waals surface area contributed by atoms with E-state index in [0.717, 1.165) is 37.2 Å². The van der Waals surface area contributed by atoms with Crippen LogP contribution in [0.3, 0.4) is 0 Å². The van der Waals surface area contributed by atoms with E-state index in [1.807, 2.05) is 18.2 Å².